The Hall–Kier alpha value is -2.96. The van der Waals surface area contributed by atoms with E-state index in [0.29, 0.717) is 17.3 Å². The van der Waals surface area contributed by atoms with Gasteiger partial charge in [0.15, 0.2) is 0 Å². The molecule has 3 rings (SSSR count). The molecule has 0 aliphatic heterocycles. The topological polar surface area (TPSA) is 95.6 Å². The summed E-state index contributed by atoms with van der Waals surface area (Å²) in [7, 11) is 1.72. The van der Waals surface area contributed by atoms with Crippen LogP contribution < -0.4 is 10.6 Å². The molecule has 0 aliphatic carbocycles. The number of fused-ring (bicyclic) bond motifs is 1. The molecule has 0 saturated carbocycles. The number of aromatic amines is 1. The van der Waals surface area contributed by atoms with E-state index in [0.717, 1.165) is 11.0 Å². The molecule has 3 aromatic rings. The van der Waals surface area contributed by atoms with Crippen molar-refractivity contribution >= 4 is 22.9 Å². The highest BCUT2D eigenvalue weighted by Gasteiger charge is 2.15. The number of anilines is 1. The Balaban J connectivity index is 1.74. The number of aromatic nitrogens is 4. The monoisotopic (exact) mass is 296 g/mol. The average molecular weight is 296 g/mol. The van der Waals surface area contributed by atoms with E-state index in [1.165, 1.54) is 12.4 Å². The minimum atomic E-state index is -0.246. The third-order valence-corrected chi connectivity index (χ3v) is 3.30. The standard InChI is InChI=1S/C15H16N6O/c1-9(13-20-11-5-3-4-6-12(11)21-13)19-14(22)10-7-17-15(16-2)18-8-10/h3-9H,1-2H3,(H,19,22)(H,20,21)(H,16,17,18). The number of rotatable bonds is 4. The molecule has 1 unspecified atom stereocenters. The zero-order valence-corrected chi connectivity index (χ0v) is 12.3. The SMILES string of the molecule is CNc1ncc(C(=O)NC(C)c2nc3ccccc3[nH]2)cn1. The van der Waals surface area contributed by atoms with E-state index in [1.54, 1.807) is 7.05 Å². The molecule has 1 atom stereocenters. The summed E-state index contributed by atoms with van der Waals surface area (Å²) in [5.74, 6) is 0.944. The summed E-state index contributed by atoms with van der Waals surface area (Å²) in [6, 6.07) is 7.49. The van der Waals surface area contributed by atoms with Crippen molar-refractivity contribution in [2.24, 2.45) is 0 Å². The van der Waals surface area contributed by atoms with E-state index in [4.69, 9.17) is 0 Å². The van der Waals surface area contributed by atoms with Gasteiger partial charge in [0.25, 0.3) is 5.91 Å². The predicted octanol–water partition coefficient (Wildman–Crippen LogP) is 1.89. The molecule has 3 N–H and O–H groups in total. The van der Waals surface area contributed by atoms with Gasteiger partial charge in [-0.2, -0.15) is 0 Å². The lowest BCUT2D eigenvalue weighted by molar-refractivity contribution is 0.0937. The zero-order valence-electron chi connectivity index (χ0n) is 12.3. The fraction of sp³-hybridized carbons (Fsp3) is 0.200. The summed E-state index contributed by atoms with van der Waals surface area (Å²) in [6.07, 6.45) is 2.97. The molecule has 1 aromatic carbocycles. The lowest BCUT2D eigenvalue weighted by atomic mass is 10.2. The second-order valence-electron chi connectivity index (χ2n) is 4.88. The Bertz CT molecular complexity index is 762. The Morgan fingerprint density at radius 3 is 2.64 bits per heavy atom. The van der Waals surface area contributed by atoms with Gasteiger partial charge < -0.3 is 15.6 Å². The molecule has 0 aliphatic rings. The first kappa shape index (κ1) is 14.0. The highest BCUT2D eigenvalue weighted by molar-refractivity contribution is 5.93. The van der Waals surface area contributed by atoms with Crippen LogP contribution in [0.2, 0.25) is 0 Å². The van der Waals surface area contributed by atoms with Gasteiger partial charge >= 0.3 is 0 Å². The molecule has 0 radical (unpaired) electrons. The fourth-order valence-corrected chi connectivity index (χ4v) is 2.10. The van der Waals surface area contributed by atoms with Crippen LogP contribution in [0.25, 0.3) is 11.0 Å². The smallest absolute Gasteiger partial charge is 0.254 e. The molecule has 0 spiro atoms. The number of carbonyl (C=O) groups excluding carboxylic acids is 1. The fourth-order valence-electron chi connectivity index (χ4n) is 2.10. The van der Waals surface area contributed by atoms with Crippen LogP contribution in [0.5, 0.6) is 0 Å². The van der Waals surface area contributed by atoms with Gasteiger partial charge in [0.05, 0.1) is 22.6 Å². The van der Waals surface area contributed by atoms with Crippen LogP contribution in [-0.2, 0) is 0 Å². The van der Waals surface area contributed by atoms with Crippen LogP contribution in [-0.4, -0.2) is 32.9 Å². The molecule has 1 amide bonds. The Labute approximate surface area is 127 Å². The third kappa shape index (κ3) is 2.73. The number of nitrogens with zero attached hydrogens (tertiary/aromatic N) is 3. The largest absolute Gasteiger partial charge is 0.357 e. The van der Waals surface area contributed by atoms with Gasteiger partial charge in [-0.15, -0.1) is 0 Å². The molecule has 2 heterocycles. The number of hydrogen-bond acceptors (Lipinski definition) is 5. The molecular formula is C15H16N6O. The molecule has 0 bridgehead atoms. The van der Waals surface area contributed by atoms with Gasteiger partial charge in [0, 0.05) is 19.4 Å². The van der Waals surface area contributed by atoms with E-state index in [9.17, 15) is 4.79 Å². The first-order valence-electron chi connectivity index (χ1n) is 6.92. The van der Waals surface area contributed by atoms with E-state index < -0.39 is 0 Å². The maximum atomic E-state index is 12.2. The molecule has 7 nitrogen and oxygen atoms in total. The summed E-state index contributed by atoms with van der Waals surface area (Å²) >= 11 is 0. The summed E-state index contributed by atoms with van der Waals surface area (Å²) < 4.78 is 0. The average Bonchev–Trinajstić information content (AvgIpc) is 2.99. The van der Waals surface area contributed by atoms with Gasteiger partial charge in [-0.1, -0.05) is 12.1 Å². The normalized spacial score (nSPS) is 12.1. The molecule has 112 valence electrons. The van der Waals surface area contributed by atoms with Crippen molar-refractivity contribution < 1.29 is 4.79 Å². The number of para-hydroxylation sites is 2. The second kappa shape index (κ2) is 5.80. The Morgan fingerprint density at radius 2 is 1.95 bits per heavy atom. The van der Waals surface area contributed by atoms with Gasteiger partial charge in [-0.25, -0.2) is 15.0 Å². The summed E-state index contributed by atoms with van der Waals surface area (Å²) in [5.41, 5.74) is 2.22. The predicted molar refractivity (Wildman–Crippen MR) is 83.6 cm³/mol. The molecule has 0 fully saturated rings. The highest BCUT2D eigenvalue weighted by Crippen LogP contribution is 2.15. The number of hydrogen-bond donors (Lipinski definition) is 3. The first-order chi connectivity index (χ1) is 10.7. The number of nitrogens with one attached hydrogen (secondary N) is 3. The lowest BCUT2D eigenvalue weighted by Crippen LogP contribution is -2.27. The minimum absolute atomic E-state index is 0.240. The quantitative estimate of drug-likeness (QED) is 0.683. The number of benzene rings is 1. The van der Waals surface area contributed by atoms with Crippen molar-refractivity contribution in [2.45, 2.75) is 13.0 Å². The van der Waals surface area contributed by atoms with Crippen molar-refractivity contribution in [2.75, 3.05) is 12.4 Å². The maximum Gasteiger partial charge on any atom is 0.254 e. The van der Waals surface area contributed by atoms with Gasteiger partial charge in [-0.05, 0) is 19.1 Å². The number of amides is 1. The van der Waals surface area contributed by atoms with Crippen LogP contribution in [0.1, 0.15) is 29.1 Å². The number of H-pyrrole nitrogens is 1. The lowest BCUT2D eigenvalue weighted by Gasteiger charge is -2.11. The van der Waals surface area contributed by atoms with Crippen molar-refractivity contribution in [3.63, 3.8) is 0 Å². The van der Waals surface area contributed by atoms with E-state index in [-0.39, 0.29) is 11.9 Å². The van der Waals surface area contributed by atoms with Gasteiger partial charge in [0.2, 0.25) is 5.95 Å². The van der Waals surface area contributed by atoms with Crippen LogP contribution in [0.4, 0.5) is 5.95 Å². The Morgan fingerprint density at radius 1 is 1.23 bits per heavy atom. The van der Waals surface area contributed by atoms with Crippen LogP contribution >= 0.6 is 0 Å². The second-order valence-corrected chi connectivity index (χ2v) is 4.88. The van der Waals surface area contributed by atoms with Crippen LogP contribution in [0.3, 0.4) is 0 Å². The molecule has 7 heteroatoms. The molecule has 2 aromatic heterocycles. The number of imidazole rings is 1. The maximum absolute atomic E-state index is 12.2. The summed E-state index contributed by atoms with van der Waals surface area (Å²) in [6.45, 7) is 1.87. The van der Waals surface area contributed by atoms with Crippen molar-refractivity contribution in [1.29, 1.82) is 0 Å². The first-order valence-corrected chi connectivity index (χ1v) is 6.92. The minimum Gasteiger partial charge on any atom is -0.357 e. The van der Waals surface area contributed by atoms with Crippen LogP contribution in [0, 0.1) is 0 Å². The molecule has 22 heavy (non-hydrogen) atoms. The van der Waals surface area contributed by atoms with E-state index in [2.05, 4.69) is 30.6 Å². The van der Waals surface area contributed by atoms with Crippen molar-refractivity contribution in [3.05, 3.63) is 48.0 Å². The van der Waals surface area contributed by atoms with E-state index >= 15 is 0 Å². The molecule has 0 saturated heterocycles. The van der Waals surface area contributed by atoms with Crippen molar-refractivity contribution in [3.8, 4) is 0 Å². The van der Waals surface area contributed by atoms with Gasteiger partial charge in [-0.3, -0.25) is 4.79 Å². The number of carbonyl (C=O) groups is 1. The van der Waals surface area contributed by atoms with Crippen LogP contribution in [0.15, 0.2) is 36.7 Å². The summed E-state index contributed by atoms with van der Waals surface area (Å²) in [5, 5.41) is 5.68. The third-order valence-electron chi connectivity index (χ3n) is 3.30. The zero-order chi connectivity index (χ0) is 15.5. The molecular weight excluding hydrogens is 280 g/mol. The summed E-state index contributed by atoms with van der Waals surface area (Å²) in [4.78, 5) is 27.9. The highest BCUT2D eigenvalue weighted by atomic mass is 16.1. The Kier molecular flexibility index (Phi) is 3.69. The van der Waals surface area contributed by atoms with Crippen molar-refractivity contribution in [1.82, 2.24) is 25.3 Å². The van der Waals surface area contributed by atoms with E-state index in [1.807, 2.05) is 31.2 Å². The van der Waals surface area contributed by atoms with Gasteiger partial charge in [0.1, 0.15) is 5.82 Å².